The van der Waals surface area contributed by atoms with Crippen molar-refractivity contribution in [1.29, 1.82) is 0 Å². The maximum atomic E-state index is 4.54. The molecule has 3 rings (SSSR count). The predicted molar refractivity (Wildman–Crippen MR) is 79.6 cm³/mol. The number of aromatic nitrogens is 6. The predicted octanol–water partition coefficient (Wildman–Crippen LogP) is 1.26. The van der Waals surface area contributed by atoms with Gasteiger partial charge in [0.2, 0.25) is 11.9 Å². The maximum absolute atomic E-state index is 4.54. The van der Waals surface area contributed by atoms with E-state index in [-0.39, 0.29) is 0 Å². The molecule has 8 nitrogen and oxygen atoms in total. The molecular weight excluding hydrogens is 268 g/mol. The van der Waals surface area contributed by atoms with Gasteiger partial charge in [0.25, 0.3) is 5.95 Å². The molecule has 1 aliphatic carbocycles. The van der Waals surface area contributed by atoms with E-state index >= 15 is 0 Å². The van der Waals surface area contributed by atoms with Gasteiger partial charge in [-0.1, -0.05) is 6.92 Å². The molecule has 0 bridgehead atoms. The van der Waals surface area contributed by atoms with Gasteiger partial charge in [0.15, 0.2) is 0 Å². The maximum Gasteiger partial charge on any atom is 0.258 e. The zero-order valence-electron chi connectivity index (χ0n) is 12.4. The standard InChI is InChI=1S/C13H20N8/c1-3-7-15-11-17-12(20(4-2)10-5-6-10)19-13(18-11)21-9-14-8-16-21/h8-10H,3-7H2,1-2H3,(H,15,17,18,19). The highest BCUT2D eigenvalue weighted by Gasteiger charge is 2.30. The van der Waals surface area contributed by atoms with Crippen molar-refractivity contribution in [1.82, 2.24) is 29.7 Å². The van der Waals surface area contributed by atoms with Crippen molar-refractivity contribution >= 4 is 11.9 Å². The topological polar surface area (TPSA) is 84.7 Å². The van der Waals surface area contributed by atoms with E-state index in [1.807, 2.05) is 0 Å². The Labute approximate surface area is 123 Å². The van der Waals surface area contributed by atoms with Crippen LogP contribution in [-0.2, 0) is 0 Å². The molecule has 2 aromatic heterocycles. The summed E-state index contributed by atoms with van der Waals surface area (Å²) in [7, 11) is 0. The lowest BCUT2D eigenvalue weighted by Gasteiger charge is -2.21. The van der Waals surface area contributed by atoms with E-state index in [9.17, 15) is 0 Å². The summed E-state index contributed by atoms with van der Waals surface area (Å²) in [5.74, 6) is 1.79. The molecule has 0 atom stereocenters. The van der Waals surface area contributed by atoms with Gasteiger partial charge >= 0.3 is 0 Å². The summed E-state index contributed by atoms with van der Waals surface area (Å²) >= 11 is 0. The lowest BCUT2D eigenvalue weighted by atomic mass is 10.5. The van der Waals surface area contributed by atoms with Crippen molar-refractivity contribution in [2.75, 3.05) is 23.3 Å². The fourth-order valence-corrected chi connectivity index (χ4v) is 2.16. The van der Waals surface area contributed by atoms with Gasteiger partial charge in [-0.25, -0.2) is 4.98 Å². The van der Waals surface area contributed by atoms with Crippen LogP contribution in [0.15, 0.2) is 12.7 Å². The Morgan fingerprint density at radius 1 is 1.29 bits per heavy atom. The van der Waals surface area contributed by atoms with Crippen molar-refractivity contribution in [3.05, 3.63) is 12.7 Å². The van der Waals surface area contributed by atoms with Crippen molar-refractivity contribution in [3.63, 3.8) is 0 Å². The van der Waals surface area contributed by atoms with Gasteiger partial charge in [0.05, 0.1) is 0 Å². The van der Waals surface area contributed by atoms with E-state index in [2.05, 4.69) is 49.1 Å². The highest BCUT2D eigenvalue weighted by atomic mass is 15.4. The van der Waals surface area contributed by atoms with E-state index in [4.69, 9.17) is 0 Å². The van der Waals surface area contributed by atoms with E-state index in [0.29, 0.717) is 23.9 Å². The van der Waals surface area contributed by atoms with Crippen molar-refractivity contribution in [2.45, 2.75) is 39.2 Å². The minimum atomic E-state index is 0.496. The van der Waals surface area contributed by atoms with Crippen molar-refractivity contribution in [2.24, 2.45) is 0 Å². The normalized spacial score (nSPS) is 14.2. The first-order valence-electron chi connectivity index (χ1n) is 7.43. The Hall–Kier alpha value is -2.25. The molecule has 1 aliphatic rings. The monoisotopic (exact) mass is 288 g/mol. The summed E-state index contributed by atoms with van der Waals surface area (Å²) in [5.41, 5.74) is 0. The SMILES string of the molecule is CCCNc1nc(N(CC)C2CC2)nc(-n2cncn2)n1. The molecule has 0 unspecified atom stereocenters. The van der Waals surface area contributed by atoms with Crippen LogP contribution in [0.5, 0.6) is 0 Å². The zero-order valence-corrected chi connectivity index (χ0v) is 12.4. The number of hydrogen-bond donors (Lipinski definition) is 1. The van der Waals surface area contributed by atoms with E-state index < -0.39 is 0 Å². The lowest BCUT2D eigenvalue weighted by molar-refractivity contribution is 0.744. The number of rotatable bonds is 7. The Bertz CT molecular complexity index is 578. The largest absolute Gasteiger partial charge is 0.354 e. The molecule has 0 saturated heterocycles. The molecule has 2 aromatic rings. The van der Waals surface area contributed by atoms with E-state index in [1.165, 1.54) is 19.2 Å². The first-order chi connectivity index (χ1) is 10.3. The van der Waals surface area contributed by atoms with Crippen molar-refractivity contribution < 1.29 is 0 Å². The summed E-state index contributed by atoms with van der Waals surface area (Å²) in [6.07, 6.45) is 6.49. The second-order valence-corrected chi connectivity index (χ2v) is 5.04. The summed E-state index contributed by atoms with van der Waals surface area (Å²) in [5, 5.41) is 7.33. The third kappa shape index (κ3) is 3.09. The van der Waals surface area contributed by atoms with E-state index in [0.717, 1.165) is 19.5 Å². The van der Waals surface area contributed by atoms with Gasteiger partial charge in [-0.3, -0.25) is 0 Å². The number of hydrogen-bond acceptors (Lipinski definition) is 7. The minimum absolute atomic E-state index is 0.496. The molecule has 1 N–H and O–H groups in total. The Morgan fingerprint density at radius 2 is 2.14 bits per heavy atom. The van der Waals surface area contributed by atoms with Gasteiger partial charge in [0, 0.05) is 19.1 Å². The fourth-order valence-electron chi connectivity index (χ4n) is 2.16. The molecule has 1 fully saturated rings. The van der Waals surface area contributed by atoms with Crippen LogP contribution < -0.4 is 10.2 Å². The van der Waals surface area contributed by atoms with Crippen molar-refractivity contribution in [3.8, 4) is 5.95 Å². The first kappa shape index (κ1) is 13.7. The molecule has 112 valence electrons. The highest BCUT2D eigenvalue weighted by Crippen LogP contribution is 2.29. The number of anilines is 2. The summed E-state index contributed by atoms with van der Waals surface area (Å²) < 4.78 is 1.56. The second kappa shape index (κ2) is 6.02. The molecule has 0 spiro atoms. The molecule has 21 heavy (non-hydrogen) atoms. The van der Waals surface area contributed by atoms with E-state index in [1.54, 1.807) is 11.0 Å². The van der Waals surface area contributed by atoms with Gasteiger partial charge in [-0.05, 0) is 26.2 Å². The quantitative estimate of drug-likeness (QED) is 0.821. The number of nitrogens with one attached hydrogen (secondary N) is 1. The lowest BCUT2D eigenvalue weighted by Crippen LogP contribution is -2.28. The third-order valence-corrected chi connectivity index (χ3v) is 3.35. The van der Waals surface area contributed by atoms with Crippen LogP contribution in [0.25, 0.3) is 5.95 Å². The Morgan fingerprint density at radius 3 is 2.76 bits per heavy atom. The summed E-state index contributed by atoms with van der Waals surface area (Å²) in [6, 6.07) is 0.556. The van der Waals surface area contributed by atoms with Crippen LogP contribution in [0.3, 0.4) is 0 Å². The zero-order chi connectivity index (χ0) is 14.7. The van der Waals surface area contributed by atoms with Crippen LogP contribution in [0.2, 0.25) is 0 Å². The fraction of sp³-hybridized carbons (Fsp3) is 0.615. The van der Waals surface area contributed by atoms with Gasteiger partial charge in [-0.15, -0.1) is 0 Å². The summed E-state index contributed by atoms with van der Waals surface area (Å²) in [4.78, 5) is 19.7. The molecule has 1 saturated carbocycles. The average molecular weight is 288 g/mol. The van der Waals surface area contributed by atoms with Crippen LogP contribution in [0.4, 0.5) is 11.9 Å². The average Bonchev–Trinajstić information content (AvgIpc) is 3.18. The third-order valence-electron chi connectivity index (χ3n) is 3.35. The molecule has 0 aromatic carbocycles. The molecular formula is C13H20N8. The minimum Gasteiger partial charge on any atom is -0.354 e. The van der Waals surface area contributed by atoms with Crippen LogP contribution in [-0.4, -0.2) is 48.8 Å². The molecule has 2 heterocycles. The van der Waals surface area contributed by atoms with Gasteiger partial charge in [0.1, 0.15) is 12.7 Å². The Balaban J connectivity index is 1.95. The molecule has 0 amide bonds. The van der Waals surface area contributed by atoms with Gasteiger partial charge < -0.3 is 10.2 Å². The molecule has 0 radical (unpaired) electrons. The first-order valence-corrected chi connectivity index (χ1v) is 7.43. The Kier molecular flexibility index (Phi) is 3.94. The highest BCUT2D eigenvalue weighted by molar-refractivity contribution is 5.41. The second-order valence-electron chi connectivity index (χ2n) is 5.04. The number of nitrogens with zero attached hydrogens (tertiary/aromatic N) is 7. The van der Waals surface area contributed by atoms with Crippen LogP contribution in [0, 0.1) is 0 Å². The smallest absolute Gasteiger partial charge is 0.258 e. The van der Waals surface area contributed by atoms with Crippen LogP contribution >= 0.6 is 0 Å². The van der Waals surface area contributed by atoms with Gasteiger partial charge in [-0.2, -0.15) is 24.7 Å². The summed E-state index contributed by atoms with van der Waals surface area (Å²) in [6.45, 7) is 5.95. The molecule has 8 heteroatoms. The van der Waals surface area contributed by atoms with Crippen LogP contribution in [0.1, 0.15) is 33.1 Å². The molecule has 0 aliphatic heterocycles.